The van der Waals surface area contributed by atoms with E-state index >= 15 is 0 Å². The van der Waals surface area contributed by atoms with Gasteiger partial charge in [-0.3, -0.25) is 10.1 Å². The number of sulfonamides is 1. The Morgan fingerprint density at radius 2 is 1.91 bits per heavy atom. The average molecular weight is 335 g/mol. The van der Waals surface area contributed by atoms with E-state index in [0.29, 0.717) is 13.0 Å². The van der Waals surface area contributed by atoms with Crippen LogP contribution in [0.3, 0.4) is 0 Å². The van der Waals surface area contributed by atoms with Crippen molar-refractivity contribution < 1.29 is 13.3 Å². The number of rotatable bonds is 6. The van der Waals surface area contributed by atoms with Crippen molar-refractivity contribution in [2.24, 2.45) is 5.14 Å². The number of nitro benzene ring substituents is 1. The van der Waals surface area contributed by atoms with E-state index in [1.807, 2.05) is 31.2 Å². The fraction of sp³-hybridized carbons (Fsp3) is 0.200. The second kappa shape index (κ2) is 6.76. The van der Waals surface area contributed by atoms with Crippen molar-refractivity contribution in [3.8, 4) is 0 Å². The van der Waals surface area contributed by atoms with E-state index in [4.69, 9.17) is 5.14 Å². The molecule has 0 saturated carbocycles. The first-order valence-electron chi connectivity index (χ1n) is 6.88. The summed E-state index contributed by atoms with van der Waals surface area (Å²) in [5, 5.41) is 19.1. The van der Waals surface area contributed by atoms with Gasteiger partial charge in [0.05, 0.1) is 9.82 Å². The molecule has 8 heteroatoms. The van der Waals surface area contributed by atoms with Gasteiger partial charge in [0.2, 0.25) is 10.0 Å². The monoisotopic (exact) mass is 335 g/mol. The zero-order chi connectivity index (χ0) is 17.0. The van der Waals surface area contributed by atoms with E-state index in [9.17, 15) is 18.5 Å². The lowest BCUT2D eigenvalue weighted by Gasteiger charge is -2.09. The SMILES string of the molecule is Cc1ccccc1CCNc1ccc(S(N)(=O)=O)cc1[N+](=O)[O-]. The summed E-state index contributed by atoms with van der Waals surface area (Å²) in [6.45, 7) is 2.49. The third kappa shape index (κ3) is 4.27. The summed E-state index contributed by atoms with van der Waals surface area (Å²) in [6.07, 6.45) is 0.695. The van der Waals surface area contributed by atoms with Crippen molar-refractivity contribution >= 4 is 21.4 Å². The number of hydrogen-bond donors (Lipinski definition) is 2. The van der Waals surface area contributed by atoms with Crippen LogP contribution >= 0.6 is 0 Å². The van der Waals surface area contributed by atoms with Gasteiger partial charge in [-0.05, 0) is 36.6 Å². The summed E-state index contributed by atoms with van der Waals surface area (Å²) in [6, 6.07) is 11.4. The van der Waals surface area contributed by atoms with Crippen LogP contribution in [0.4, 0.5) is 11.4 Å². The predicted octanol–water partition coefficient (Wildman–Crippen LogP) is 2.21. The van der Waals surface area contributed by atoms with Gasteiger partial charge in [0.25, 0.3) is 5.69 Å². The molecular weight excluding hydrogens is 318 g/mol. The molecule has 23 heavy (non-hydrogen) atoms. The normalized spacial score (nSPS) is 11.2. The summed E-state index contributed by atoms with van der Waals surface area (Å²) >= 11 is 0. The lowest BCUT2D eigenvalue weighted by Crippen LogP contribution is -2.13. The number of aryl methyl sites for hydroxylation is 1. The molecule has 0 fully saturated rings. The Balaban J connectivity index is 2.17. The molecule has 2 rings (SSSR count). The fourth-order valence-electron chi connectivity index (χ4n) is 2.21. The molecule has 0 aliphatic carbocycles. The Bertz CT molecular complexity index is 834. The highest BCUT2D eigenvalue weighted by Gasteiger charge is 2.18. The maximum atomic E-state index is 11.3. The molecular formula is C15H17N3O4S. The molecule has 0 atom stereocenters. The van der Waals surface area contributed by atoms with Crippen molar-refractivity contribution in [1.82, 2.24) is 0 Å². The molecule has 0 heterocycles. The number of primary sulfonamides is 1. The summed E-state index contributed by atoms with van der Waals surface area (Å²) in [7, 11) is -3.98. The third-order valence-corrected chi connectivity index (χ3v) is 4.38. The van der Waals surface area contributed by atoms with Crippen molar-refractivity contribution in [3.63, 3.8) is 0 Å². The van der Waals surface area contributed by atoms with Crippen LogP contribution in [-0.2, 0) is 16.4 Å². The summed E-state index contributed by atoms with van der Waals surface area (Å²) in [5.74, 6) is 0. The minimum absolute atomic E-state index is 0.260. The molecule has 3 N–H and O–H groups in total. The molecule has 0 unspecified atom stereocenters. The standard InChI is InChI=1S/C15H17N3O4S/c1-11-4-2-3-5-12(11)8-9-17-14-7-6-13(23(16,21)22)10-15(14)18(19)20/h2-7,10,17H,8-9H2,1H3,(H2,16,21,22). The average Bonchev–Trinajstić information content (AvgIpc) is 2.48. The van der Waals surface area contributed by atoms with Gasteiger partial charge in [0, 0.05) is 12.6 Å². The number of hydrogen-bond acceptors (Lipinski definition) is 5. The second-order valence-corrected chi connectivity index (χ2v) is 6.65. The lowest BCUT2D eigenvalue weighted by molar-refractivity contribution is -0.384. The van der Waals surface area contributed by atoms with Gasteiger partial charge < -0.3 is 5.32 Å². The Hall–Kier alpha value is -2.45. The highest BCUT2D eigenvalue weighted by molar-refractivity contribution is 7.89. The van der Waals surface area contributed by atoms with Crippen molar-refractivity contribution in [2.75, 3.05) is 11.9 Å². The van der Waals surface area contributed by atoms with E-state index in [1.54, 1.807) is 0 Å². The van der Waals surface area contributed by atoms with Gasteiger partial charge in [-0.25, -0.2) is 13.6 Å². The molecule has 0 amide bonds. The van der Waals surface area contributed by atoms with E-state index in [1.165, 1.54) is 12.1 Å². The molecule has 7 nitrogen and oxygen atoms in total. The van der Waals surface area contributed by atoms with Crippen LogP contribution in [0, 0.1) is 17.0 Å². The zero-order valence-corrected chi connectivity index (χ0v) is 13.3. The van der Waals surface area contributed by atoms with E-state index in [2.05, 4.69) is 5.32 Å². The third-order valence-electron chi connectivity index (χ3n) is 3.47. The molecule has 0 aromatic heterocycles. The molecule has 2 aromatic rings. The van der Waals surface area contributed by atoms with Crippen LogP contribution in [0.15, 0.2) is 47.4 Å². The summed E-state index contributed by atoms with van der Waals surface area (Å²) in [5.41, 5.74) is 2.23. The Labute approximate surface area is 134 Å². The van der Waals surface area contributed by atoms with Gasteiger partial charge in [-0.1, -0.05) is 24.3 Å². The topological polar surface area (TPSA) is 115 Å². The number of nitrogens with two attached hydrogens (primary N) is 1. The van der Waals surface area contributed by atoms with Gasteiger partial charge in [0.1, 0.15) is 5.69 Å². The minimum atomic E-state index is -3.98. The first kappa shape index (κ1) is 16.9. The smallest absolute Gasteiger partial charge is 0.293 e. The lowest BCUT2D eigenvalue weighted by atomic mass is 10.1. The molecule has 0 bridgehead atoms. The molecule has 2 aromatic carbocycles. The molecule has 0 saturated heterocycles. The molecule has 0 spiro atoms. The van der Waals surface area contributed by atoms with Crippen LogP contribution < -0.4 is 10.5 Å². The number of nitrogens with one attached hydrogen (secondary N) is 1. The van der Waals surface area contributed by atoms with Crippen molar-refractivity contribution in [1.29, 1.82) is 0 Å². The molecule has 0 aliphatic rings. The van der Waals surface area contributed by atoms with Gasteiger partial charge >= 0.3 is 0 Å². The molecule has 0 aliphatic heterocycles. The van der Waals surface area contributed by atoms with Crippen LogP contribution in [-0.4, -0.2) is 19.9 Å². The number of nitrogens with zero attached hydrogens (tertiary/aromatic N) is 1. The number of anilines is 1. The van der Waals surface area contributed by atoms with Crippen LogP contribution in [0.25, 0.3) is 0 Å². The quantitative estimate of drug-likeness (QED) is 0.620. The summed E-state index contributed by atoms with van der Waals surface area (Å²) in [4.78, 5) is 10.2. The van der Waals surface area contributed by atoms with Gasteiger partial charge in [-0.2, -0.15) is 0 Å². The Kier molecular flexibility index (Phi) is 4.97. The second-order valence-electron chi connectivity index (χ2n) is 5.08. The first-order chi connectivity index (χ1) is 10.8. The van der Waals surface area contributed by atoms with E-state index in [-0.39, 0.29) is 16.3 Å². The van der Waals surface area contributed by atoms with Crippen LogP contribution in [0.5, 0.6) is 0 Å². The Morgan fingerprint density at radius 3 is 2.52 bits per heavy atom. The van der Waals surface area contributed by atoms with Crippen LogP contribution in [0.2, 0.25) is 0 Å². The molecule has 122 valence electrons. The highest BCUT2D eigenvalue weighted by Crippen LogP contribution is 2.27. The summed E-state index contributed by atoms with van der Waals surface area (Å²) < 4.78 is 22.6. The first-order valence-corrected chi connectivity index (χ1v) is 8.43. The molecule has 0 radical (unpaired) electrons. The highest BCUT2D eigenvalue weighted by atomic mass is 32.2. The minimum Gasteiger partial charge on any atom is -0.379 e. The zero-order valence-electron chi connectivity index (χ0n) is 12.5. The van der Waals surface area contributed by atoms with Crippen molar-refractivity contribution in [2.45, 2.75) is 18.2 Å². The van der Waals surface area contributed by atoms with Crippen LogP contribution in [0.1, 0.15) is 11.1 Å². The maximum absolute atomic E-state index is 11.3. The van der Waals surface area contributed by atoms with E-state index in [0.717, 1.165) is 17.2 Å². The fourth-order valence-corrected chi connectivity index (χ4v) is 2.75. The maximum Gasteiger partial charge on any atom is 0.293 e. The Morgan fingerprint density at radius 1 is 1.22 bits per heavy atom. The van der Waals surface area contributed by atoms with Gasteiger partial charge in [0.15, 0.2) is 0 Å². The number of benzene rings is 2. The van der Waals surface area contributed by atoms with Crippen molar-refractivity contribution in [3.05, 3.63) is 63.7 Å². The predicted molar refractivity (Wildman–Crippen MR) is 87.8 cm³/mol. The number of nitro groups is 1. The van der Waals surface area contributed by atoms with E-state index < -0.39 is 14.9 Å². The largest absolute Gasteiger partial charge is 0.379 e. The van der Waals surface area contributed by atoms with Gasteiger partial charge in [-0.15, -0.1) is 0 Å².